The number of ether oxygens (including phenoxy) is 2. The molecule has 0 radical (unpaired) electrons. The lowest BCUT2D eigenvalue weighted by Gasteiger charge is -2.29. The van der Waals surface area contributed by atoms with Crippen molar-refractivity contribution < 1.29 is 32.5 Å². The normalized spacial score (nSPS) is 20.6. The zero-order chi connectivity index (χ0) is 17.7. The van der Waals surface area contributed by atoms with E-state index in [0.29, 0.717) is 6.92 Å². The van der Waals surface area contributed by atoms with Gasteiger partial charge in [-0.2, -0.15) is 13.2 Å². The Morgan fingerprint density at radius 2 is 1.87 bits per heavy atom. The van der Waals surface area contributed by atoms with Crippen molar-refractivity contribution in [2.45, 2.75) is 76.4 Å². The van der Waals surface area contributed by atoms with Crippen LogP contribution >= 0.6 is 0 Å². The third-order valence-corrected chi connectivity index (χ3v) is 3.95. The molecule has 0 aromatic heterocycles. The minimum atomic E-state index is -4.73. The number of carbonyl (C=O) groups is 1. The van der Waals surface area contributed by atoms with Crippen LogP contribution < -0.4 is 0 Å². The molecule has 0 aromatic carbocycles. The molecule has 1 aliphatic carbocycles. The Balaban J connectivity index is 2.35. The van der Waals surface area contributed by atoms with Gasteiger partial charge in [-0.3, -0.25) is 0 Å². The van der Waals surface area contributed by atoms with Crippen LogP contribution in [0.3, 0.4) is 0 Å². The maximum Gasteiger partial charge on any atom is 0.416 e. The number of hydrogen-bond donors (Lipinski definition) is 1. The lowest BCUT2D eigenvalue weighted by Crippen LogP contribution is -2.44. The molecule has 0 spiro atoms. The summed E-state index contributed by atoms with van der Waals surface area (Å²) in [6.07, 6.45) is -1.54. The first-order chi connectivity index (χ1) is 10.5. The lowest BCUT2D eigenvalue weighted by molar-refractivity contribution is -0.261. The number of halogens is 3. The number of hydrogen-bond acceptors (Lipinski definition) is 4. The van der Waals surface area contributed by atoms with Crippen LogP contribution in [0.2, 0.25) is 0 Å². The van der Waals surface area contributed by atoms with E-state index in [1.54, 1.807) is 0 Å². The average molecular weight is 338 g/mol. The highest BCUT2D eigenvalue weighted by atomic mass is 19.4. The van der Waals surface area contributed by atoms with E-state index < -0.39 is 30.3 Å². The van der Waals surface area contributed by atoms with E-state index in [1.807, 2.05) is 0 Å². The molecule has 4 nitrogen and oxygen atoms in total. The first kappa shape index (κ1) is 20.0. The van der Waals surface area contributed by atoms with E-state index in [9.17, 15) is 23.1 Å². The van der Waals surface area contributed by atoms with Crippen molar-refractivity contribution in [3.05, 3.63) is 12.2 Å². The molecule has 134 valence electrons. The number of carbonyl (C=O) groups excluding carboxylic acids is 1. The SMILES string of the molecule is C=C(COC(C)CC(C)(O)C(F)(F)F)C(=O)OC1CCCCC1. The highest BCUT2D eigenvalue weighted by molar-refractivity contribution is 5.88. The van der Waals surface area contributed by atoms with Gasteiger partial charge in [0.05, 0.1) is 18.3 Å². The van der Waals surface area contributed by atoms with E-state index in [1.165, 1.54) is 6.92 Å². The smallest absolute Gasteiger partial charge is 0.416 e. The van der Waals surface area contributed by atoms with Crippen molar-refractivity contribution >= 4 is 5.97 Å². The van der Waals surface area contributed by atoms with Crippen molar-refractivity contribution in [3.8, 4) is 0 Å². The molecule has 0 heterocycles. The van der Waals surface area contributed by atoms with Gasteiger partial charge < -0.3 is 14.6 Å². The van der Waals surface area contributed by atoms with Gasteiger partial charge >= 0.3 is 12.1 Å². The van der Waals surface area contributed by atoms with Crippen LogP contribution in [-0.4, -0.2) is 41.7 Å². The van der Waals surface area contributed by atoms with E-state index in [4.69, 9.17) is 9.47 Å². The molecule has 2 unspecified atom stereocenters. The monoisotopic (exact) mass is 338 g/mol. The predicted octanol–water partition coefficient (Wildman–Crippen LogP) is 3.53. The first-order valence-electron chi connectivity index (χ1n) is 7.82. The third kappa shape index (κ3) is 6.51. The summed E-state index contributed by atoms with van der Waals surface area (Å²) >= 11 is 0. The number of esters is 1. The van der Waals surface area contributed by atoms with Gasteiger partial charge in [0.2, 0.25) is 0 Å². The lowest BCUT2D eigenvalue weighted by atomic mass is 9.98. The Labute approximate surface area is 134 Å². The summed E-state index contributed by atoms with van der Waals surface area (Å²) < 4.78 is 48.2. The Morgan fingerprint density at radius 1 is 1.30 bits per heavy atom. The van der Waals surface area contributed by atoms with Gasteiger partial charge in [-0.25, -0.2) is 4.79 Å². The highest BCUT2D eigenvalue weighted by Crippen LogP contribution is 2.34. The Hall–Kier alpha value is -1.08. The molecule has 1 N–H and O–H groups in total. The minimum Gasteiger partial charge on any atom is -0.459 e. The number of alkyl halides is 3. The first-order valence-corrected chi connectivity index (χ1v) is 7.82. The molecule has 2 atom stereocenters. The molecule has 0 bridgehead atoms. The number of rotatable bonds is 7. The van der Waals surface area contributed by atoms with Gasteiger partial charge in [0.25, 0.3) is 0 Å². The topological polar surface area (TPSA) is 55.8 Å². The van der Waals surface area contributed by atoms with Gasteiger partial charge in [0, 0.05) is 6.42 Å². The van der Waals surface area contributed by atoms with Gasteiger partial charge in [-0.15, -0.1) is 0 Å². The van der Waals surface area contributed by atoms with Gasteiger partial charge in [-0.05, 0) is 39.5 Å². The fourth-order valence-electron chi connectivity index (χ4n) is 2.45. The zero-order valence-electron chi connectivity index (χ0n) is 13.6. The van der Waals surface area contributed by atoms with E-state index in [-0.39, 0.29) is 18.3 Å². The van der Waals surface area contributed by atoms with Gasteiger partial charge in [0.1, 0.15) is 6.10 Å². The van der Waals surface area contributed by atoms with Crippen molar-refractivity contribution in [2.24, 2.45) is 0 Å². The molecule has 0 amide bonds. The Kier molecular flexibility index (Phi) is 7.07. The van der Waals surface area contributed by atoms with Crippen LogP contribution in [0.1, 0.15) is 52.4 Å². The fraction of sp³-hybridized carbons (Fsp3) is 0.812. The summed E-state index contributed by atoms with van der Waals surface area (Å²) in [4.78, 5) is 11.8. The standard InChI is InChI=1S/C16H25F3O4/c1-11(14(20)23-13-7-5-4-6-8-13)10-22-12(2)9-15(3,21)16(17,18)19/h12-13,21H,1,4-10H2,2-3H3. The third-order valence-electron chi connectivity index (χ3n) is 3.95. The van der Waals surface area contributed by atoms with Crippen LogP contribution in [0.5, 0.6) is 0 Å². The average Bonchev–Trinajstić information content (AvgIpc) is 2.44. The van der Waals surface area contributed by atoms with Crippen LogP contribution in [0.25, 0.3) is 0 Å². The van der Waals surface area contributed by atoms with Crippen molar-refractivity contribution in [1.82, 2.24) is 0 Å². The van der Waals surface area contributed by atoms with Crippen molar-refractivity contribution in [3.63, 3.8) is 0 Å². The van der Waals surface area contributed by atoms with E-state index in [0.717, 1.165) is 32.1 Å². The molecule has 0 saturated heterocycles. The minimum absolute atomic E-state index is 0.0640. The maximum atomic E-state index is 12.6. The van der Waals surface area contributed by atoms with Crippen LogP contribution in [-0.2, 0) is 14.3 Å². The van der Waals surface area contributed by atoms with Crippen molar-refractivity contribution in [1.29, 1.82) is 0 Å². The quantitative estimate of drug-likeness (QED) is 0.570. The molecule has 0 aliphatic heterocycles. The molecule has 1 saturated carbocycles. The van der Waals surface area contributed by atoms with Gasteiger partial charge in [-0.1, -0.05) is 13.0 Å². The molecule has 7 heteroatoms. The molecule has 1 fully saturated rings. The Morgan fingerprint density at radius 3 is 2.39 bits per heavy atom. The largest absolute Gasteiger partial charge is 0.459 e. The molecule has 1 aliphatic rings. The molecule has 0 aromatic rings. The molecular formula is C16H25F3O4. The summed E-state index contributed by atoms with van der Waals surface area (Å²) in [6, 6.07) is 0. The van der Waals surface area contributed by atoms with E-state index >= 15 is 0 Å². The predicted molar refractivity (Wildman–Crippen MR) is 78.8 cm³/mol. The number of aliphatic hydroxyl groups is 1. The van der Waals surface area contributed by atoms with Crippen LogP contribution in [0, 0.1) is 0 Å². The summed E-state index contributed by atoms with van der Waals surface area (Å²) in [6.45, 7) is 5.43. The molecular weight excluding hydrogens is 313 g/mol. The molecule has 23 heavy (non-hydrogen) atoms. The zero-order valence-corrected chi connectivity index (χ0v) is 13.6. The second kappa shape index (κ2) is 8.15. The second-order valence-corrected chi connectivity index (χ2v) is 6.37. The highest BCUT2D eigenvalue weighted by Gasteiger charge is 2.50. The van der Waals surface area contributed by atoms with E-state index in [2.05, 4.69) is 6.58 Å². The fourth-order valence-corrected chi connectivity index (χ4v) is 2.45. The maximum absolute atomic E-state index is 12.6. The summed E-state index contributed by atoms with van der Waals surface area (Å²) in [5.74, 6) is -0.577. The Bertz CT molecular complexity index is 412. The van der Waals surface area contributed by atoms with Crippen LogP contribution in [0.15, 0.2) is 12.2 Å². The summed E-state index contributed by atoms with van der Waals surface area (Å²) in [7, 11) is 0. The van der Waals surface area contributed by atoms with Crippen LogP contribution in [0.4, 0.5) is 13.2 Å². The van der Waals surface area contributed by atoms with Gasteiger partial charge in [0.15, 0.2) is 5.60 Å². The summed E-state index contributed by atoms with van der Waals surface area (Å²) in [5.41, 5.74) is -2.77. The molecule has 1 rings (SSSR count). The second-order valence-electron chi connectivity index (χ2n) is 6.37. The summed E-state index contributed by atoms with van der Waals surface area (Å²) in [5, 5.41) is 9.39. The van der Waals surface area contributed by atoms with Crippen molar-refractivity contribution in [2.75, 3.05) is 6.61 Å².